The molecule has 0 aliphatic heterocycles. The maximum absolute atomic E-state index is 10.7. The van der Waals surface area contributed by atoms with Gasteiger partial charge in [0.2, 0.25) is 0 Å². The van der Waals surface area contributed by atoms with Gasteiger partial charge in [0, 0.05) is 18.0 Å². The zero-order chi connectivity index (χ0) is 17.8. The number of pyridine rings is 2. The summed E-state index contributed by atoms with van der Waals surface area (Å²) < 4.78 is 1.61. The van der Waals surface area contributed by atoms with Gasteiger partial charge in [-0.2, -0.15) is 5.10 Å². The molecule has 3 heterocycles. The fourth-order valence-corrected chi connectivity index (χ4v) is 2.44. The molecule has 0 unspecified atom stereocenters. The van der Waals surface area contributed by atoms with Crippen LogP contribution >= 0.6 is 0 Å². The van der Waals surface area contributed by atoms with Crippen molar-refractivity contribution >= 4 is 17.6 Å². The molecule has 0 radical (unpaired) electrons. The molecule has 0 saturated carbocycles. The lowest BCUT2D eigenvalue weighted by atomic mass is 10.2. The smallest absolute Gasteiger partial charge is 0.305 e. The first-order valence-corrected chi connectivity index (χ1v) is 7.92. The summed E-state index contributed by atoms with van der Waals surface area (Å²) in [6.45, 7) is 4.34. The molecule has 3 aromatic heterocycles. The number of anilines is 2. The van der Waals surface area contributed by atoms with E-state index in [-0.39, 0.29) is 6.42 Å². The van der Waals surface area contributed by atoms with Crippen molar-refractivity contribution in [3.8, 4) is 11.3 Å². The quantitative estimate of drug-likeness (QED) is 0.717. The van der Waals surface area contributed by atoms with Crippen LogP contribution in [-0.4, -0.2) is 30.8 Å². The number of aryl methyl sites for hydroxylation is 3. The van der Waals surface area contributed by atoms with E-state index in [9.17, 15) is 4.79 Å². The van der Waals surface area contributed by atoms with Gasteiger partial charge in [-0.05, 0) is 49.2 Å². The van der Waals surface area contributed by atoms with E-state index in [1.54, 1.807) is 23.3 Å². The molecular weight excluding hydrogens is 318 g/mol. The van der Waals surface area contributed by atoms with Crippen molar-refractivity contribution in [2.24, 2.45) is 0 Å². The summed E-state index contributed by atoms with van der Waals surface area (Å²) in [5, 5.41) is 16.2. The Morgan fingerprint density at radius 1 is 1.20 bits per heavy atom. The van der Waals surface area contributed by atoms with Crippen LogP contribution in [0.4, 0.5) is 11.6 Å². The molecule has 25 heavy (non-hydrogen) atoms. The Labute approximate surface area is 145 Å². The van der Waals surface area contributed by atoms with Crippen molar-refractivity contribution in [3.05, 3.63) is 54.0 Å². The summed E-state index contributed by atoms with van der Waals surface area (Å²) in [7, 11) is 0. The van der Waals surface area contributed by atoms with Gasteiger partial charge in [-0.25, -0.2) is 9.97 Å². The summed E-state index contributed by atoms with van der Waals surface area (Å²) in [5.74, 6) is 0.593. The minimum absolute atomic E-state index is 0.0359. The minimum Gasteiger partial charge on any atom is -0.481 e. The monoisotopic (exact) mass is 337 g/mol. The van der Waals surface area contributed by atoms with E-state index in [2.05, 4.69) is 20.4 Å². The maximum atomic E-state index is 10.7. The van der Waals surface area contributed by atoms with Gasteiger partial charge in [-0.1, -0.05) is 0 Å². The van der Waals surface area contributed by atoms with Crippen LogP contribution in [0.15, 0.2) is 42.9 Å². The first-order valence-electron chi connectivity index (χ1n) is 7.92. The van der Waals surface area contributed by atoms with Crippen molar-refractivity contribution in [1.29, 1.82) is 0 Å². The second-order valence-electron chi connectivity index (χ2n) is 5.89. The Kier molecular flexibility index (Phi) is 4.74. The highest BCUT2D eigenvalue weighted by Crippen LogP contribution is 2.22. The Balaban J connectivity index is 1.83. The fraction of sp³-hybridized carbons (Fsp3) is 0.222. The molecule has 2 N–H and O–H groups in total. The molecule has 0 fully saturated rings. The van der Waals surface area contributed by atoms with Crippen molar-refractivity contribution in [1.82, 2.24) is 19.7 Å². The molecule has 0 saturated heterocycles. The van der Waals surface area contributed by atoms with E-state index in [1.165, 1.54) is 0 Å². The third kappa shape index (κ3) is 4.41. The average molecular weight is 337 g/mol. The largest absolute Gasteiger partial charge is 0.481 e. The number of hydrogen-bond donors (Lipinski definition) is 2. The van der Waals surface area contributed by atoms with Gasteiger partial charge in [-0.15, -0.1) is 0 Å². The first kappa shape index (κ1) is 16.6. The lowest BCUT2D eigenvalue weighted by molar-refractivity contribution is -0.137. The number of nitrogens with one attached hydrogen (secondary N) is 1. The summed E-state index contributed by atoms with van der Waals surface area (Å²) in [6.07, 6.45) is 5.28. The van der Waals surface area contributed by atoms with Crippen LogP contribution in [0.5, 0.6) is 0 Å². The van der Waals surface area contributed by atoms with Crippen LogP contribution in [0.25, 0.3) is 11.3 Å². The van der Waals surface area contributed by atoms with E-state index >= 15 is 0 Å². The van der Waals surface area contributed by atoms with E-state index in [4.69, 9.17) is 5.11 Å². The first-order chi connectivity index (χ1) is 12.0. The van der Waals surface area contributed by atoms with Crippen molar-refractivity contribution < 1.29 is 9.90 Å². The molecule has 0 aromatic carbocycles. The fourth-order valence-electron chi connectivity index (χ4n) is 2.44. The lowest BCUT2D eigenvalue weighted by Crippen LogP contribution is -2.04. The predicted molar refractivity (Wildman–Crippen MR) is 94.7 cm³/mol. The molecule has 0 amide bonds. The average Bonchev–Trinajstić information content (AvgIpc) is 3.01. The zero-order valence-electron chi connectivity index (χ0n) is 14.1. The van der Waals surface area contributed by atoms with Crippen molar-refractivity contribution in [2.75, 3.05) is 5.32 Å². The summed E-state index contributed by atoms with van der Waals surface area (Å²) in [5.41, 5.74) is 3.79. The highest BCUT2D eigenvalue weighted by Gasteiger charge is 2.08. The Bertz CT molecular complexity index is 904. The van der Waals surface area contributed by atoms with Crippen LogP contribution in [-0.2, 0) is 11.3 Å². The number of hydrogen-bond acceptors (Lipinski definition) is 5. The molecule has 7 heteroatoms. The second-order valence-corrected chi connectivity index (χ2v) is 5.89. The molecular formula is C18H19N5O2. The number of aromatic nitrogens is 4. The van der Waals surface area contributed by atoms with Crippen molar-refractivity contribution in [3.63, 3.8) is 0 Å². The topological polar surface area (TPSA) is 92.9 Å². The van der Waals surface area contributed by atoms with Crippen LogP contribution < -0.4 is 5.32 Å². The molecule has 0 bridgehead atoms. The van der Waals surface area contributed by atoms with Gasteiger partial charge in [0.25, 0.3) is 0 Å². The highest BCUT2D eigenvalue weighted by atomic mass is 16.4. The summed E-state index contributed by atoms with van der Waals surface area (Å²) >= 11 is 0. The van der Waals surface area contributed by atoms with E-state index in [0.29, 0.717) is 12.4 Å². The molecule has 0 aliphatic carbocycles. The van der Waals surface area contributed by atoms with Crippen LogP contribution in [0.1, 0.15) is 17.5 Å². The summed E-state index contributed by atoms with van der Waals surface area (Å²) in [4.78, 5) is 19.6. The summed E-state index contributed by atoms with van der Waals surface area (Å²) in [6, 6.07) is 7.80. The normalized spacial score (nSPS) is 10.6. The zero-order valence-corrected chi connectivity index (χ0v) is 14.1. The third-order valence-electron chi connectivity index (χ3n) is 3.63. The number of aliphatic carboxylic acids is 1. The maximum Gasteiger partial charge on any atom is 0.305 e. The Morgan fingerprint density at radius 3 is 2.76 bits per heavy atom. The van der Waals surface area contributed by atoms with Gasteiger partial charge in [-0.3, -0.25) is 9.48 Å². The van der Waals surface area contributed by atoms with Gasteiger partial charge in [0.1, 0.15) is 11.6 Å². The van der Waals surface area contributed by atoms with E-state index in [1.807, 2.05) is 38.1 Å². The van der Waals surface area contributed by atoms with Gasteiger partial charge < -0.3 is 10.4 Å². The van der Waals surface area contributed by atoms with Crippen LogP contribution in [0.3, 0.4) is 0 Å². The molecule has 0 spiro atoms. The Morgan fingerprint density at radius 2 is 2.00 bits per heavy atom. The number of rotatable bonds is 6. The van der Waals surface area contributed by atoms with E-state index in [0.717, 1.165) is 28.2 Å². The molecule has 0 aliphatic rings. The van der Waals surface area contributed by atoms with Gasteiger partial charge >= 0.3 is 5.97 Å². The van der Waals surface area contributed by atoms with Gasteiger partial charge in [0.15, 0.2) is 0 Å². The van der Waals surface area contributed by atoms with Crippen LogP contribution in [0.2, 0.25) is 0 Å². The number of carbonyl (C=O) groups is 1. The molecule has 7 nitrogen and oxygen atoms in total. The molecule has 0 atom stereocenters. The molecule has 128 valence electrons. The number of carboxylic acid groups (broad SMARTS) is 1. The van der Waals surface area contributed by atoms with Crippen molar-refractivity contribution in [2.45, 2.75) is 26.8 Å². The standard InChI is InChI=1S/C18H19N5O2/c1-12-3-5-19-16(8-12)22-17-9-13(2)7-15(21-17)14-10-20-23(11-14)6-4-18(24)25/h3,5,7-11H,4,6H2,1-2H3,(H,24,25)(H,19,21,22). The second kappa shape index (κ2) is 7.12. The molecule has 3 rings (SSSR count). The Hall–Kier alpha value is -3.22. The van der Waals surface area contributed by atoms with E-state index < -0.39 is 5.97 Å². The minimum atomic E-state index is -0.845. The predicted octanol–water partition coefficient (Wildman–Crippen LogP) is 3.18. The lowest BCUT2D eigenvalue weighted by Gasteiger charge is -2.08. The molecule has 3 aromatic rings. The third-order valence-corrected chi connectivity index (χ3v) is 3.63. The number of carboxylic acids is 1. The van der Waals surface area contributed by atoms with Crippen LogP contribution in [0, 0.1) is 13.8 Å². The highest BCUT2D eigenvalue weighted by molar-refractivity contribution is 5.66. The SMILES string of the molecule is Cc1ccnc(Nc2cc(C)cc(-c3cnn(CCC(=O)O)c3)n2)c1. The van der Waals surface area contributed by atoms with Gasteiger partial charge in [0.05, 0.1) is 24.9 Å². The number of nitrogens with zero attached hydrogens (tertiary/aromatic N) is 4.